The number of benzene rings is 1. The van der Waals surface area contributed by atoms with Crippen LogP contribution in [0.15, 0.2) is 91.5 Å². The van der Waals surface area contributed by atoms with E-state index in [-0.39, 0.29) is 0 Å². The number of rotatable bonds is 6. The van der Waals surface area contributed by atoms with Gasteiger partial charge < -0.3 is 0 Å². The minimum Gasteiger partial charge on any atom is -0.264 e. The van der Waals surface area contributed by atoms with Crippen LogP contribution in [-0.2, 0) is 0 Å². The number of nitrogens with zero attached hydrogens (tertiary/aromatic N) is 2. The van der Waals surface area contributed by atoms with Crippen molar-refractivity contribution >= 4 is 16.7 Å². The molecule has 140 valence electrons. The van der Waals surface area contributed by atoms with Crippen LogP contribution < -0.4 is 0 Å². The van der Waals surface area contributed by atoms with E-state index in [9.17, 15) is 0 Å². The molecule has 3 rings (SSSR count). The average molecular weight is 367 g/mol. The fourth-order valence-electron chi connectivity index (χ4n) is 3.13. The number of allylic oxidation sites excluding steroid dienone is 6. The van der Waals surface area contributed by atoms with Gasteiger partial charge in [0.2, 0.25) is 0 Å². The van der Waals surface area contributed by atoms with E-state index in [1.807, 2.05) is 30.7 Å². The molecule has 0 saturated carbocycles. The molecule has 2 heteroatoms. The zero-order valence-corrected chi connectivity index (χ0v) is 16.8. The summed E-state index contributed by atoms with van der Waals surface area (Å²) in [5.41, 5.74) is 8.24. The topological polar surface area (TPSA) is 25.8 Å². The van der Waals surface area contributed by atoms with Gasteiger partial charge >= 0.3 is 0 Å². The van der Waals surface area contributed by atoms with Crippen LogP contribution >= 0.6 is 0 Å². The number of hydrogen-bond donors (Lipinski definition) is 0. The maximum absolute atomic E-state index is 4.32. The zero-order chi connectivity index (χ0) is 19.8. The molecule has 2 aromatic heterocycles. The molecule has 0 bridgehead atoms. The van der Waals surface area contributed by atoms with Gasteiger partial charge in [0, 0.05) is 30.4 Å². The van der Waals surface area contributed by atoms with Crippen LogP contribution in [0.2, 0.25) is 0 Å². The van der Waals surface area contributed by atoms with Crippen LogP contribution in [-0.4, -0.2) is 9.97 Å². The van der Waals surface area contributed by atoms with Crippen molar-refractivity contribution in [3.63, 3.8) is 0 Å². The Kier molecular flexibility index (Phi) is 6.69. The van der Waals surface area contributed by atoms with Gasteiger partial charge in [0.1, 0.15) is 0 Å². The summed E-state index contributed by atoms with van der Waals surface area (Å²) < 4.78 is 0. The summed E-state index contributed by atoms with van der Waals surface area (Å²) in [4.78, 5) is 8.57. The highest BCUT2D eigenvalue weighted by molar-refractivity contribution is 5.91. The van der Waals surface area contributed by atoms with Gasteiger partial charge in [-0.25, -0.2) is 0 Å². The van der Waals surface area contributed by atoms with Crippen LogP contribution in [0.3, 0.4) is 0 Å². The summed E-state index contributed by atoms with van der Waals surface area (Å²) in [6.45, 7) is 6.42. The van der Waals surface area contributed by atoms with E-state index in [0.717, 1.165) is 23.1 Å². The van der Waals surface area contributed by atoms with E-state index in [4.69, 9.17) is 0 Å². The molecule has 0 fully saturated rings. The van der Waals surface area contributed by atoms with Crippen LogP contribution in [0.5, 0.6) is 0 Å². The molecule has 0 unspecified atom stereocenters. The first kappa shape index (κ1) is 19.5. The second kappa shape index (κ2) is 9.61. The molecule has 0 spiro atoms. The van der Waals surface area contributed by atoms with Crippen molar-refractivity contribution in [2.45, 2.75) is 27.2 Å². The van der Waals surface area contributed by atoms with Gasteiger partial charge in [-0.1, -0.05) is 61.0 Å². The first-order chi connectivity index (χ1) is 13.7. The summed E-state index contributed by atoms with van der Waals surface area (Å²) in [5.74, 6) is 0. The SMILES string of the molecule is CC/C=C(/C=C(\C=C(/C)c1cccnc1)c1cccnc1)c1cccc(C)c1. The van der Waals surface area contributed by atoms with Crippen molar-refractivity contribution in [1.29, 1.82) is 0 Å². The zero-order valence-electron chi connectivity index (χ0n) is 16.8. The maximum atomic E-state index is 4.32. The molecule has 0 saturated heterocycles. The van der Waals surface area contributed by atoms with Gasteiger partial charge in [-0.2, -0.15) is 0 Å². The Hall–Kier alpha value is -3.26. The Balaban J connectivity index is 2.11. The van der Waals surface area contributed by atoms with E-state index < -0.39 is 0 Å². The Bertz CT molecular complexity index is 997. The standard InChI is InChI=1S/C26H26N2/c1-4-8-22(23-10-5-9-20(2)15-23)17-26(25-12-7-14-28-19-25)16-21(3)24-11-6-13-27-18-24/h5-19H,4H2,1-3H3/b21-16+,22-8-,26-17+. The molecule has 28 heavy (non-hydrogen) atoms. The Morgan fingerprint density at radius 3 is 2.11 bits per heavy atom. The quantitative estimate of drug-likeness (QED) is 0.450. The normalized spacial score (nSPS) is 12.9. The Morgan fingerprint density at radius 1 is 0.821 bits per heavy atom. The maximum Gasteiger partial charge on any atom is 0.0346 e. The van der Waals surface area contributed by atoms with Gasteiger partial charge in [0.15, 0.2) is 0 Å². The lowest BCUT2D eigenvalue weighted by molar-refractivity contribution is 1.23. The highest BCUT2D eigenvalue weighted by Gasteiger charge is 2.05. The molecule has 0 N–H and O–H groups in total. The third-order valence-corrected chi connectivity index (χ3v) is 4.57. The summed E-state index contributed by atoms with van der Waals surface area (Å²) in [5, 5.41) is 0. The summed E-state index contributed by atoms with van der Waals surface area (Å²) in [6.07, 6.45) is 15.2. The highest BCUT2D eigenvalue weighted by Crippen LogP contribution is 2.27. The minimum absolute atomic E-state index is 0.978. The monoisotopic (exact) mass is 366 g/mol. The fourth-order valence-corrected chi connectivity index (χ4v) is 3.13. The first-order valence-electron chi connectivity index (χ1n) is 9.65. The van der Waals surface area contributed by atoms with Crippen molar-refractivity contribution < 1.29 is 0 Å². The molecule has 0 aliphatic heterocycles. The molecule has 2 heterocycles. The summed E-state index contributed by atoms with van der Waals surface area (Å²) >= 11 is 0. The van der Waals surface area contributed by atoms with Crippen molar-refractivity contribution in [3.05, 3.63) is 114 Å². The Labute approximate surface area is 168 Å². The van der Waals surface area contributed by atoms with Crippen molar-refractivity contribution in [1.82, 2.24) is 9.97 Å². The lowest BCUT2D eigenvalue weighted by Gasteiger charge is -2.10. The molecule has 0 radical (unpaired) electrons. The predicted octanol–water partition coefficient (Wildman–Crippen LogP) is 6.77. The lowest BCUT2D eigenvalue weighted by Crippen LogP contribution is -1.89. The highest BCUT2D eigenvalue weighted by atomic mass is 14.6. The van der Waals surface area contributed by atoms with Crippen LogP contribution in [0.25, 0.3) is 16.7 Å². The van der Waals surface area contributed by atoms with Gasteiger partial charge in [0.25, 0.3) is 0 Å². The third-order valence-electron chi connectivity index (χ3n) is 4.57. The smallest absolute Gasteiger partial charge is 0.0346 e. The number of pyridine rings is 2. The third kappa shape index (κ3) is 5.14. The molecule has 0 atom stereocenters. The first-order valence-corrected chi connectivity index (χ1v) is 9.65. The molecule has 2 nitrogen and oxygen atoms in total. The van der Waals surface area contributed by atoms with Crippen molar-refractivity contribution in [3.8, 4) is 0 Å². The van der Waals surface area contributed by atoms with Crippen LogP contribution in [0, 0.1) is 6.92 Å². The molecule has 0 aliphatic rings. The number of hydrogen-bond acceptors (Lipinski definition) is 2. The van der Waals surface area contributed by atoms with Gasteiger partial charge in [-0.05, 0) is 66.3 Å². The second-order valence-electron chi connectivity index (χ2n) is 6.85. The van der Waals surface area contributed by atoms with Gasteiger partial charge in [-0.15, -0.1) is 0 Å². The van der Waals surface area contributed by atoms with E-state index >= 15 is 0 Å². The van der Waals surface area contributed by atoms with E-state index in [2.05, 4.69) is 85.4 Å². The molecule has 0 amide bonds. The van der Waals surface area contributed by atoms with Gasteiger partial charge in [0.05, 0.1) is 0 Å². The summed E-state index contributed by atoms with van der Waals surface area (Å²) in [7, 11) is 0. The summed E-state index contributed by atoms with van der Waals surface area (Å²) in [6, 6.07) is 16.8. The molecule has 3 aromatic rings. The molecular weight excluding hydrogens is 340 g/mol. The lowest BCUT2D eigenvalue weighted by atomic mass is 9.95. The fraction of sp³-hybridized carbons (Fsp3) is 0.154. The largest absolute Gasteiger partial charge is 0.264 e. The van der Waals surface area contributed by atoms with E-state index in [1.165, 1.54) is 22.3 Å². The second-order valence-corrected chi connectivity index (χ2v) is 6.85. The molecule has 0 aliphatic carbocycles. The molecule has 1 aromatic carbocycles. The van der Waals surface area contributed by atoms with Crippen LogP contribution in [0.1, 0.15) is 42.5 Å². The van der Waals surface area contributed by atoms with Crippen LogP contribution in [0.4, 0.5) is 0 Å². The van der Waals surface area contributed by atoms with Crippen molar-refractivity contribution in [2.75, 3.05) is 0 Å². The van der Waals surface area contributed by atoms with E-state index in [0.29, 0.717) is 0 Å². The predicted molar refractivity (Wildman–Crippen MR) is 120 cm³/mol. The number of aryl methyl sites for hydroxylation is 1. The minimum atomic E-state index is 0.978. The van der Waals surface area contributed by atoms with Gasteiger partial charge in [-0.3, -0.25) is 9.97 Å². The number of aromatic nitrogens is 2. The Morgan fingerprint density at radius 2 is 1.50 bits per heavy atom. The molecular formula is C26H26N2. The van der Waals surface area contributed by atoms with Crippen molar-refractivity contribution in [2.24, 2.45) is 0 Å². The van der Waals surface area contributed by atoms with E-state index in [1.54, 1.807) is 6.20 Å². The average Bonchev–Trinajstić information content (AvgIpc) is 2.74.